The first-order valence-electron chi connectivity index (χ1n) is 11.3. The molecular formula is C23H44O6. The minimum Gasteiger partial charge on any atom is -0.394 e. The molecule has 0 aromatic rings. The molecular weight excluding hydrogens is 372 g/mol. The lowest BCUT2D eigenvalue weighted by molar-refractivity contribution is -0.301. The van der Waals surface area contributed by atoms with Gasteiger partial charge in [-0.05, 0) is 44.4 Å². The summed E-state index contributed by atoms with van der Waals surface area (Å²) >= 11 is 0. The van der Waals surface area contributed by atoms with Crippen molar-refractivity contribution in [3.63, 3.8) is 0 Å². The molecule has 0 saturated carbocycles. The molecule has 6 nitrogen and oxygen atoms in total. The number of hydrogen-bond donors (Lipinski definition) is 4. The molecule has 1 rings (SSSR count). The van der Waals surface area contributed by atoms with E-state index >= 15 is 0 Å². The van der Waals surface area contributed by atoms with Gasteiger partial charge >= 0.3 is 0 Å². The Morgan fingerprint density at radius 3 is 2.31 bits per heavy atom. The smallest absolute Gasteiger partial charge is 0.186 e. The van der Waals surface area contributed by atoms with Crippen LogP contribution in [-0.4, -0.2) is 64.3 Å². The van der Waals surface area contributed by atoms with Gasteiger partial charge in [0, 0.05) is 0 Å². The fourth-order valence-electron chi connectivity index (χ4n) is 3.69. The second-order valence-electron chi connectivity index (χ2n) is 9.08. The highest BCUT2D eigenvalue weighted by Gasteiger charge is 2.43. The second kappa shape index (κ2) is 14.5. The van der Waals surface area contributed by atoms with Crippen molar-refractivity contribution in [1.29, 1.82) is 0 Å². The Bertz CT molecular complexity index is 451. The SMILES string of the molecule is CC(=CCCCOC1O[C@H](CO)[C@@H](O)[C@H](O)[C@@H]1O)CCCC(C)CCCC(C)C. The van der Waals surface area contributed by atoms with Gasteiger partial charge in [0.05, 0.1) is 13.2 Å². The Labute approximate surface area is 176 Å². The molecule has 1 saturated heterocycles. The molecule has 1 aliphatic heterocycles. The third-order valence-electron chi connectivity index (χ3n) is 5.72. The first-order chi connectivity index (χ1) is 13.8. The zero-order valence-electron chi connectivity index (χ0n) is 18.8. The van der Waals surface area contributed by atoms with E-state index in [1.165, 1.54) is 37.7 Å². The van der Waals surface area contributed by atoms with Crippen LogP contribution in [0.15, 0.2) is 11.6 Å². The lowest BCUT2D eigenvalue weighted by atomic mass is 9.94. The third kappa shape index (κ3) is 10.4. The molecule has 0 aliphatic carbocycles. The summed E-state index contributed by atoms with van der Waals surface area (Å²) in [7, 11) is 0. The number of aliphatic hydroxyl groups excluding tert-OH is 4. The highest BCUT2D eigenvalue weighted by atomic mass is 16.7. The Kier molecular flexibility index (Phi) is 13.3. The Balaban J connectivity index is 2.15. The number of unbranched alkanes of at least 4 members (excludes halogenated alkanes) is 1. The normalized spacial score (nSPS) is 29.4. The topological polar surface area (TPSA) is 99.4 Å². The number of aliphatic hydroxyl groups is 4. The minimum atomic E-state index is -1.39. The Hall–Kier alpha value is -0.500. The molecule has 2 unspecified atom stereocenters. The molecule has 0 radical (unpaired) electrons. The minimum absolute atomic E-state index is 0.374. The molecule has 6 heteroatoms. The van der Waals surface area contributed by atoms with E-state index in [0.29, 0.717) is 6.61 Å². The van der Waals surface area contributed by atoms with Crippen LogP contribution in [-0.2, 0) is 9.47 Å². The maximum Gasteiger partial charge on any atom is 0.186 e. The lowest BCUT2D eigenvalue weighted by Crippen LogP contribution is -2.59. The number of rotatable bonds is 14. The monoisotopic (exact) mass is 416 g/mol. The molecule has 0 amide bonds. The van der Waals surface area contributed by atoms with Crippen LogP contribution in [0.25, 0.3) is 0 Å². The third-order valence-corrected chi connectivity index (χ3v) is 5.72. The summed E-state index contributed by atoms with van der Waals surface area (Å²) in [5, 5.41) is 38.6. The van der Waals surface area contributed by atoms with E-state index in [4.69, 9.17) is 9.47 Å². The zero-order chi connectivity index (χ0) is 21.8. The number of hydrogen-bond acceptors (Lipinski definition) is 6. The van der Waals surface area contributed by atoms with E-state index in [2.05, 4.69) is 33.8 Å². The van der Waals surface area contributed by atoms with E-state index in [9.17, 15) is 20.4 Å². The number of ether oxygens (including phenoxy) is 2. The maximum absolute atomic E-state index is 9.94. The predicted octanol–water partition coefficient (Wildman–Crippen LogP) is 3.16. The zero-order valence-corrected chi connectivity index (χ0v) is 18.8. The van der Waals surface area contributed by atoms with Gasteiger partial charge in [-0.25, -0.2) is 0 Å². The summed E-state index contributed by atoms with van der Waals surface area (Å²) in [6.45, 7) is 9.03. The largest absolute Gasteiger partial charge is 0.394 e. The van der Waals surface area contributed by atoms with Crippen molar-refractivity contribution in [2.45, 2.75) is 110 Å². The summed E-state index contributed by atoms with van der Waals surface area (Å²) in [4.78, 5) is 0. The fourth-order valence-corrected chi connectivity index (χ4v) is 3.69. The van der Waals surface area contributed by atoms with Crippen molar-refractivity contribution >= 4 is 0 Å². The summed E-state index contributed by atoms with van der Waals surface area (Å²) in [5.41, 5.74) is 1.40. The summed E-state index contributed by atoms with van der Waals surface area (Å²) in [6, 6.07) is 0. The van der Waals surface area contributed by atoms with E-state index in [1.54, 1.807) is 0 Å². The van der Waals surface area contributed by atoms with Gasteiger partial charge in [-0.3, -0.25) is 0 Å². The van der Waals surface area contributed by atoms with E-state index < -0.39 is 37.3 Å². The van der Waals surface area contributed by atoms with Crippen molar-refractivity contribution in [2.24, 2.45) is 11.8 Å². The van der Waals surface area contributed by atoms with Crippen LogP contribution in [0.4, 0.5) is 0 Å². The maximum atomic E-state index is 9.94. The van der Waals surface area contributed by atoms with Gasteiger partial charge in [0.1, 0.15) is 24.4 Å². The fraction of sp³-hybridized carbons (Fsp3) is 0.913. The van der Waals surface area contributed by atoms with Gasteiger partial charge in [0.25, 0.3) is 0 Å². The van der Waals surface area contributed by atoms with Gasteiger partial charge in [0.15, 0.2) is 6.29 Å². The van der Waals surface area contributed by atoms with E-state index in [0.717, 1.165) is 31.1 Å². The van der Waals surface area contributed by atoms with Crippen LogP contribution in [0.1, 0.15) is 79.1 Å². The van der Waals surface area contributed by atoms with Crippen LogP contribution in [0.2, 0.25) is 0 Å². The second-order valence-corrected chi connectivity index (χ2v) is 9.08. The molecule has 1 fully saturated rings. The molecule has 0 spiro atoms. The Morgan fingerprint density at radius 2 is 1.66 bits per heavy atom. The van der Waals surface area contributed by atoms with Crippen LogP contribution in [0.5, 0.6) is 0 Å². The Morgan fingerprint density at radius 1 is 0.966 bits per heavy atom. The van der Waals surface area contributed by atoms with Gasteiger partial charge in [-0.15, -0.1) is 0 Å². The lowest BCUT2D eigenvalue weighted by Gasteiger charge is -2.39. The van der Waals surface area contributed by atoms with Crippen LogP contribution in [0.3, 0.4) is 0 Å². The molecule has 29 heavy (non-hydrogen) atoms. The van der Waals surface area contributed by atoms with Crippen molar-refractivity contribution in [2.75, 3.05) is 13.2 Å². The van der Waals surface area contributed by atoms with E-state index in [1.807, 2.05) is 0 Å². The first kappa shape index (κ1) is 26.5. The highest BCUT2D eigenvalue weighted by molar-refractivity contribution is 4.97. The highest BCUT2D eigenvalue weighted by Crippen LogP contribution is 2.22. The van der Waals surface area contributed by atoms with Crippen molar-refractivity contribution in [3.8, 4) is 0 Å². The summed E-state index contributed by atoms with van der Waals surface area (Å²) in [6.07, 6.45) is 5.50. The standard InChI is InChI=1S/C23H44O6/c1-16(2)9-7-11-18(4)13-8-12-17(3)10-5-6-14-28-23-22(27)21(26)20(25)19(15-24)29-23/h10,16,18-27H,5-9,11-15H2,1-4H3/t18?,19-,20-,21+,22+,23?/m1/s1. The predicted molar refractivity (Wildman–Crippen MR) is 114 cm³/mol. The summed E-state index contributed by atoms with van der Waals surface area (Å²) < 4.78 is 10.8. The summed E-state index contributed by atoms with van der Waals surface area (Å²) in [5.74, 6) is 1.60. The van der Waals surface area contributed by atoms with Gasteiger partial charge < -0.3 is 29.9 Å². The first-order valence-corrected chi connectivity index (χ1v) is 11.3. The van der Waals surface area contributed by atoms with Crippen molar-refractivity contribution < 1.29 is 29.9 Å². The molecule has 4 N–H and O–H groups in total. The molecule has 6 atom stereocenters. The van der Waals surface area contributed by atoms with Crippen LogP contribution < -0.4 is 0 Å². The molecule has 0 bridgehead atoms. The molecule has 0 aromatic carbocycles. The molecule has 1 heterocycles. The molecule has 172 valence electrons. The number of allylic oxidation sites excluding steroid dienone is 2. The van der Waals surface area contributed by atoms with Crippen LogP contribution in [0, 0.1) is 11.8 Å². The van der Waals surface area contributed by atoms with Gasteiger partial charge in [-0.2, -0.15) is 0 Å². The van der Waals surface area contributed by atoms with Gasteiger partial charge in [-0.1, -0.05) is 58.1 Å². The molecule has 0 aromatic heterocycles. The van der Waals surface area contributed by atoms with Crippen LogP contribution >= 0.6 is 0 Å². The average Bonchev–Trinajstić information content (AvgIpc) is 2.67. The van der Waals surface area contributed by atoms with Gasteiger partial charge in [0.2, 0.25) is 0 Å². The quantitative estimate of drug-likeness (QED) is 0.256. The average molecular weight is 417 g/mol. The molecule has 1 aliphatic rings. The van der Waals surface area contributed by atoms with Crippen molar-refractivity contribution in [1.82, 2.24) is 0 Å². The van der Waals surface area contributed by atoms with Crippen molar-refractivity contribution in [3.05, 3.63) is 11.6 Å². The van der Waals surface area contributed by atoms with E-state index in [-0.39, 0.29) is 0 Å².